The number of hydrogen-bond donors (Lipinski definition) is 3. The number of rotatable bonds is 8. The number of hydrogen-bond acceptors (Lipinski definition) is 6. The predicted octanol–water partition coefficient (Wildman–Crippen LogP) is 2.28. The third kappa shape index (κ3) is 4.90. The predicted molar refractivity (Wildman–Crippen MR) is 111 cm³/mol. The van der Waals surface area contributed by atoms with Crippen molar-refractivity contribution in [1.29, 1.82) is 0 Å². The van der Waals surface area contributed by atoms with Crippen molar-refractivity contribution in [2.24, 2.45) is 0 Å². The quantitative estimate of drug-likeness (QED) is 0.634. The zero-order valence-corrected chi connectivity index (χ0v) is 16.7. The first kappa shape index (κ1) is 20.2. The van der Waals surface area contributed by atoms with Gasteiger partial charge in [0.15, 0.2) is 11.5 Å². The number of nitrogens with one attached hydrogen (secondary N) is 1. The van der Waals surface area contributed by atoms with Crippen molar-refractivity contribution < 1.29 is 19.7 Å². The number of nitrogens with zero attached hydrogens (tertiary/aromatic N) is 1. The minimum absolute atomic E-state index is 0.0334. The van der Waals surface area contributed by atoms with E-state index in [4.69, 9.17) is 9.47 Å². The van der Waals surface area contributed by atoms with Crippen LogP contribution in [0.25, 0.3) is 0 Å². The summed E-state index contributed by atoms with van der Waals surface area (Å²) < 4.78 is 11.3. The van der Waals surface area contributed by atoms with Crippen molar-refractivity contribution in [2.75, 3.05) is 39.5 Å². The Kier molecular flexibility index (Phi) is 6.67. The van der Waals surface area contributed by atoms with E-state index in [1.807, 2.05) is 48.5 Å². The molecule has 2 aliphatic rings. The van der Waals surface area contributed by atoms with Crippen LogP contribution in [-0.4, -0.2) is 60.6 Å². The van der Waals surface area contributed by atoms with Gasteiger partial charge >= 0.3 is 0 Å². The molecule has 1 saturated heterocycles. The Hall–Kier alpha value is -2.12. The van der Waals surface area contributed by atoms with Crippen LogP contribution in [-0.2, 0) is 0 Å². The van der Waals surface area contributed by atoms with Gasteiger partial charge in [0, 0.05) is 6.54 Å². The molecule has 4 rings (SSSR count). The van der Waals surface area contributed by atoms with Crippen LogP contribution in [0, 0.1) is 0 Å². The first-order chi connectivity index (χ1) is 14.2. The molecule has 2 aromatic carbocycles. The molecule has 2 aromatic rings. The van der Waals surface area contributed by atoms with E-state index in [0.29, 0.717) is 24.7 Å². The van der Waals surface area contributed by atoms with Gasteiger partial charge in [0.2, 0.25) is 0 Å². The maximum Gasteiger partial charge on any atom is 0.161 e. The van der Waals surface area contributed by atoms with Crippen LogP contribution in [0.4, 0.5) is 0 Å². The highest BCUT2D eigenvalue weighted by Crippen LogP contribution is 2.34. The highest BCUT2D eigenvalue weighted by molar-refractivity contribution is 5.44. The smallest absolute Gasteiger partial charge is 0.161 e. The molecule has 29 heavy (non-hydrogen) atoms. The summed E-state index contributed by atoms with van der Waals surface area (Å²) in [6, 6.07) is 15.0. The fourth-order valence-corrected chi connectivity index (χ4v) is 4.16. The maximum absolute atomic E-state index is 11.3. The molecule has 0 aromatic heterocycles. The molecular formula is C23H30N2O4. The summed E-state index contributed by atoms with van der Waals surface area (Å²) in [6.07, 6.45) is 1.65. The Balaban J connectivity index is 1.55. The van der Waals surface area contributed by atoms with Gasteiger partial charge in [-0.1, -0.05) is 36.4 Å². The second-order valence-corrected chi connectivity index (χ2v) is 7.77. The molecule has 0 aliphatic carbocycles. The van der Waals surface area contributed by atoms with E-state index in [2.05, 4.69) is 10.2 Å². The minimum atomic E-state index is -0.732. The number of benzene rings is 2. The maximum atomic E-state index is 11.3. The molecule has 0 saturated carbocycles. The van der Waals surface area contributed by atoms with E-state index in [0.717, 1.165) is 30.8 Å². The lowest BCUT2D eigenvalue weighted by molar-refractivity contribution is 0.0908. The molecule has 6 heteroatoms. The zero-order valence-electron chi connectivity index (χ0n) is 16.7. The van der Waals surface area contributed by atoms with Crippen molar-refractivity contribution >= 4 is 0 Å². The lowest BCUT2D eigenvalue weighted by atomic mass is 9.98. The summed E-state index contributed by atoms with van der Waals surface area (Å²) in [5.74, 6) is 1.39. The average Bonchev–Trinajstić information content (AvgIpc) is 3.29. The molecule has 1 fully saturated rings. The van der Waals surface area contributed by atoms with Crippen LogP contribution in [0.2, 0.25) is 0 Å². The Morgan fingerprint density at radius 1 is 0.931 bits per heavy atom. The molecule has 0 amide bonds. The van der Waals surface area contributed by atoms with E-state index in [-0.39, 0.29) is 18.7 Å². The van der Waals surface area contributed by atoms with Gasteiger partial charge in [-0.15, -0.1) is 0 Å². The lowest BCUT2D eigenvalue weighted by Crippen LogP contribution is -2.46. The van der Waals surface area contributed by atoms with Gasteiger partial charge < -0.3 is 29.9 Å². The molecule has 0 radical (unpaired) electrons. The number of aliphatic hydroxyl groups is 2. The number of aliphatic hydroxyl groups excluding tert-OH is 2. The lowest BCUT2D eigenvalue weighted by Gasteiger charge is -2.32. The average molecular weight is 399 g/mol. The largest absolute Gasteiger partial charge is 0.486 e. The van der Waals surface area contributed by atoms with Crippen LogP contribution >= 0.6 is 0 Å². The third-order valence-corrected chi connectivity index (χ3v) is 5.74. The van der Waals surface area contributed by atoms with E-state index in [1.165, 1.54) is 12.8 Å². The van der Waals surface area contributed by atoms with Gasteiger partial charge in [-0.2, -0.15) is 0 Å². The van der Waals surface area contributed by atoms with Crippen molar-refractivity contribution in [3.05, 3.63) is 59.7 Å². The molecule has 3 N–H and O–H groups in total. The Bertz CT molecular complexity index is 780. The zero-order chi connectivity index (χ0) is 20.1. The van der Waals surface area contributed by atoms with Crippen LogP contribution in [0.3, 0.4) is 0 Å². The SMILES string of the molecule is OCC(N[C@H](CN1CCCC1)[C@H](O)c1ccc2c(c1)OCCO2)c1ccccc1. The Labute approximate surface area is 172 Å². The fourth-order valence-electron chi connectivity index (χ4n) is 4.16. The van der Waals surface area contributed by atoms with Crippen LogP contribution in [0.1, 0.15) is 36.1 Å². The first-order valence-electron chi connectivity index (χ1n) is 10.5. The molecule has 3 atom stereocenters. The summed E-state index contributed by atoms with van der Waals surface area (Å²) in [5, 5.41) is 24.8. The van der Waals surface area contributed by atoms with Crippen molar-refractivity contribution in [2.45, 2.75) is 31.0 Å². The second-order valence-electron chi connectivity index (χ2n) is 7.77. The molecule has 2 aliphatic heterocycles. The standard InChI is InChI=1S/C23H30N2O4/c26-16-20(17-6-2-1-3-7-17)24-19(15-25-10-4-5-11-25)23(27)18-8-9-21-22(14-18)29-13-12-28-21/h1-3,6-9,14,19-20,23-24,26-27H,4-5,10-13,15-16H2/t19-,20?,23-/m1/s1. The van der Waals surface area contributed by atoms with Crippen LogP contribution < -0.4 is 14.8 Å². The van der Waals surface area contributed by atoms with Gasteiger partial charge in [0.05, 0.1) is 24.8 Å². The summed E-state index contributed by atoms with van der Waals surface area (Å²) in [5.41, 5.74) is 1.80. The van der Waals surface area contributed by atoms with E-state index in [9.17, 15) is 10.2 Å². The van der Waals surface area contributed by atoms with Crippen LogP contribution in [0.15, 0.2) is 48.5 Å². The van der Waals surface area contributed by atoms with Crippen molar-refractivity contribution in [1.82, 2.24) is 10.2 Å². The summed E-state index contributed by atoms with van der Waals surface area (Å²) >= 11 is 0. The Morgan fingerprint density at radius 2 is 1.66 bits per heavy atom. The highest BCUT2D eigenvalue weighted by Gasteiger charge is 2.28. The summed E-state index contributed by atoms with van der Waals surface area (Å²) in [4.78, 5) is 2.37. The number of likely N-dealkylation sites (tertiary alicyclic amines) is 1. The van der Waals surface area contributed by atoms with Gasteiger partial charge in [0.25, 0.3) is 0 Å². The van der Waals surface area contributed by atoms with Gasteiger partial charge in [-0.05, 0) is 49.2 Å². The molecule has 0 spiro atoms. The van der Waals surface area contributed by atoms with Gasteiger partial charge in [-0.3, -0.25) is 0 Å². The molecule has 2 heterocycles. The van der Waals surface area contributed by atoms with Gasteiger partial charge in [-0.25, -0.2) is 0 Å². The molecule has 6 nitrogen and oxygen atoms in total. The number of ether oxygens (including phenoxy) is 2. The normalized spacial score (nSPS) is 19.7. The van der Waals surface area contributed by atoms with E-state index in [1.54, 1.807) is 0 Å². The highest BCUT2D eigenvalue weighted by atomic mass is 16.6. The first-order valence-corrected chi connectivity index (χ1v) is 10.5. The minimum Gasteiger partial charge on any atom is -0.486 e. The second kappa shape index (κ2) is 9.59. The molecule has 1 unspecified atom stereocenters. The van der Waals surface area contributed by atoms with E-state index >= 15 is 0 Å². The van der Waals surface area contributed by atoms with Crippen LogP contribution in [0.5, 0.6) is 11.5 Å². The molecular weight excluding hydrogens is 368 g/mol. The number of fused-ring (bicyclic) bond motifs is 1. The Morgan fingerprint density at radius 3 is 2.38 bits per heavy atom. The third-order valence-electron chi connectivity index (χ3n) is 5.74. The van der Waals surface area contributed by atoms with Crippen molar-refractivity contribution in [3.63, 3.8) is 0 Å². The summed E-state index contributed by atoms with van der Waals surface area (Å²) in [6.45, 7) is 3.83. The van der Waals surface area contributed by atoms with E-state index < -0.39 is 6.10 Å². The van der Waals surface area contributed by atoms with Gasteiger partial charge in [0.1, 0.15) is 13.2 Å². The van der Waals surface area contributed by atoms with Crippen molar-refractivity contribution in [3.8, 4) is 11.5 Å². The molecule has 0 bridgehead atoms. The topological polar surface area (TPSA) is 74.2 Å². The molecule has 156 valence electrons. The summed E-state index contributed by atoms with van der Waals surface area (Å²) in [7, 11) is 0. The fraction of sp³-hybridized carbons (Fsp3) is 0.478. The monoisotopic (exact) mass is 398 g/mol.